The van der Waals surface area contributed by atoms with Crippen LogP contribution in [0.25, 0.3) is 0 Å². The third kappa shape index (κ3) is 4.42. The first-order valence-corrected chi connectivity index (χ1v) is 7.21. The van der Waals surface area contributed by atoms with Crippen molar-refractivity contribution in [1.82, 2.24) is 10.2 Å². The van der Waals surface area contributed by atoms with Crippen LogP contribution in [0.2, 0.25) is 0 Å². The highest BCUT2D eigenvalue weighted by Crippen LogP contribution is 2.25. The van der Waals surface area contributed by atoms with Gasteiger partial charge in [0.25, 0.3) is 0 Å². The summed E-state index contributed by atoms with van der Waals surface area (Å²) in [6.07, 6.45) is 8.25. The fourth-order valence-corrected chi connectivity index (χ4v) is 3.06. The van der Waals surface area contributed by atoms with E-state index in [9.17, 15) is 0 Å². The maximum absolute atomic E-state index is 3.52. The molecular weight excluding hydrogens is 196 g/mol. The Hall–Kier alpha value is -0.0800. The summed E-state index contributed by atoms with van der Waals surface area (Å²) in [4.78, 5) is 2.67. The third-order valence-corrected chi connectivity index (χ3v) is 3.85. The number of hydrogen-bond donors (Lipinski definition) is 1. The summed E-state index contributed by atoms with van der Waals surface area (Å²) in [5.41, 5.74) is 0. The van der Waals surface area contributed by atoms with E-state index in [-0.39, 0.29) is 0 Å². The Balaban J connectivity index is 2.40. The molecule has 0 saturated heterocycles. The van der Waals surface area contributed by atoms with Gasteiger partial charge in [-0.15, -0.1) is 0 Å². The fraction of sp³-hybridized carbons (Fsp3) is 1.00. The van der Waals surface area contributed by atoms with E-state index < -0.39 is 0 Å². The molecule has 1 N–H and O–H groups in total. The number of nitrogens with one attached hydrogen (secondary N) is 1. The molecule has 1 aliphatic carbocycles. The molecule has 2 unspecified atom stereocenters. The quantitative estimate of drug-likeness (QED) is 0.718. The van der Waals surface area contributed by atoms with Crippen molar-refractivity contribution in [2.45, 2.75) is 58.4 Å². The molecule has 0 spiro atoms. The molecule has 0 heterocycles. The van der Waals surface area contributed by atoms with Gasteiger partial charge in [-0.3, -0.25) is 0 Å². The van der Waals surface area contributed by atoms with Crippen molar-refractivity contribution in [1.29, 1.82) is 0 Å². The standard InChI is InChI=1S/C14H30N2/c1-4-10-16(11-5-2)12-13-8-6-7-9-14(13)15-3/h13-15H,4-12H2,1-3H3. The predicted octanol–water partition coefficient (Wildman–Crippen LogP) is 2.89. The molecule has 0 radical (unpaired) electrons. The minimum atomic E-state index is 0.768. The average molecular weight is 226 g/mol. The number of hydrogen-bond acceptors (Lipinski definition) is 2. The molecule has 2 atom stereocenters. The maximum Gasteiger partial charge on any atom is 0.0104 e. The Kier molecular flexibility index (Phi) is 7.06. The number of nitrogens with zero attached hydrogens (tertiary/aromatic N) is 1. The van der Waals surface area contributed by atoms with Crippen LogP contribution < -0.4 is 5.32 Å². The molecule has 2 nitrogen and oxygen atoms in total. The smallest absolute Gasteiger partial charge is 0.0104 e. The normalized spacial score (nSPS) is 26.2. The van der Waals surface area contributed by atoms with Crippen molar-refractivity contribution in [3.8, 4) is 0 Å². The Morgan fingerprint density at radius 2 is 1.69 bits per heavy atom. The van der Waals surface area contributed by atoms with Gasteiger partial charge in [-0.25, -0.2) is 0 Å². The predicted molar refractivity (Wildman–Crippen MR) is 71.8 cm³/mol. The van der Waals surface area contributed by atoms with Crippen LogP contribution in [-0.4, -0.2) is 37.6 Å². The average Bonchev–Trinajstić information content (AvgIpc) is 2.30. The largest absolute Gasteiger partial charge is 0.317 e. The van der Waals surface area contributed by atoms with Crippen molar-refractivity contribution in [3.05, 3.63) is 0 Å². The summed E-state index contributed by atoms with van der Waals surface area (Å²) in [5, 5.41) is 3.52. The van der Waals surface area contributed by atoms with Crippen molar-refractivity contribution >= 4 is 0 Å². The third-order valence-electron chi connectivity index (χ3n) is 3.85. The summed E-state index contributed by atoms with van der Waals surface area (Å²) in [5.74, 6) is 0.886. The van der Waals surface area contributed by atoms with E-state index in [1.54, 1.807) is 0 Å². The van der Waals surface area contributed by atoms with Gasteiger partial charge in [0.1, 0.15) is 0 Å². The molecule has 1 rings (SSSR count). The van der Waals surface area contributed by atoms with Gasteiger partial charge in [0.2, 0.25) is 0 Å². The van der Waals surface area contributed by atoms with E-state index in [4.69, 9.17) is 0 Å². The number of rotatable bonds is 7. The summed E-state index contributed by atoms with van der Waals surface area (Å²) < 4.78 is 0. The lowest BCUT2D eigenvalue weighted by Crippen LogP contribution is -2.43. The van der Waals surface area contributed by atoms with Crippen LogP contribution in [0, 0.1) is 5.92 Å². The van der Waals surface area contributed by atoms with Gasteiger partial charge in [-0.1, -0.05) is 26.7 Å². The maximum atomic E-state index is 3.52. The molecule has 96 valence electrons. The van der Waals surface area contributed by atoms with E-state index in [1.807, 2.05) is 0 Å². The molecule has 0 aliphatic heterocycles. The van der Waals surface area contributed by atoms with Crippen molar-refractivity contribution in [2.24, 2.45) is 5.92 Å². The zero-order valence-electron chi connectivity index (χ0n) is 11.5. The summed E-state index contributed by atoms with van der Waals surface area (Å²) in [6, 6.07) is 0.768. The molecule has 0 aromatic carbocycles. The van der Waals surface area contributed by atoms with E-state index in [0.29, 0.717) is 0 Å². The molecule has 1 aliphatic rings. The van der Waals surface area contributed by atoms with E-state index >= 15 is 0 Å². The van der Waals surface area contributed by atoms with Crippen LogP contribution >= 0.6 is 0 Å². The highest BCUT2D eigenvalue weighted by atomic mass is 15.1. The lowest BCUT2D eigenvalue weighted by Gasteiger charge is -2.35. The Bertz CT molecular complexity index is 164. The van der Waals surface area contributed by atoms with E-state index in [1.165, 1.54) is 58.2 Å². The second-order valence-electron chi connectivity index (χ2n) is 5.24. The van der Waals surface area contributed by atoms with Crippen LogP contribution in [0.3, 0.4) is 0 Å². The molecule has 1 saturated carbocycles. The minimum Gasteiger partial charge on any atom is -0.317 e. The van der Waals surface area contributed by atoms with Crippen LogP contribution in [0.5, 0.6) is 0 Å². The van der Waals surface area contributed by atoms with Crippen molar-refractivity contribution < 1.29 is 0 Å². The Labute approximate surface area is 102 Å². The Morgan fingerprint density at radius 1 is 1.06 bits per heavy atom. The molecular formula is C14H30N2. The summed E-state index contributed by atoms with van der Waals surface area (Å²) in [6.45, 7) is 8.45. The van der Waals surface area contributed by atoms with Gasteiger partial charge in [-0.2, -0.15) is 0 Å². The monoisotopic (exact) mass is 226 g/mol. The van der Waals surface area contributed by atoms with E-state index in [2.05, 4.69) is 31.1 Å². The minimum absolute atomic E-state index is 0.768. The van der Waals surface area contributed by atoms with Gasteiger partial charge in [-0.05, 0) is 51.7 Å². The molecule has 0 aromatic rings. The SMILES string of the molecule is CCCN(CCC)CC1CCCCC1NC. The fourth-order valence-electron chi connectivity index (χ4n) is 3.06. The molecule has 1 fully saturated rings. The Morgan fingerprint density at radius 3 is 2.25 bits per heavy atom. The van der Waals surface area contributed by atoms with Gasteiger partial charge < -0.3 is 10.2 Å². The molecule has 0 bridgehead atoms. The first-order valence-electron chi connectivity index (χ1n) is 7.21. The molecule has 2 heteroatoms. The highest BCUT2D eigenvalue weighted by molar-refractivity contribution is 4.82. The van der Waals surface area contributed by atoms with Gasteiger partial charge in [0.15, 0.2) is 0 Å². The zero-order valence-corrected chi connectivity index (χ0v) is 11.5. The van der Waals surface area contributed by atoms with Crippen LogP contribution in [0.15, 0.2) is 0 Å². The van der Waals surface area contributed by atoms with Gasteiger partial charge in [0.05, 0.1) is 0 Å². The molecule has 0 aromatic heterocycles. The van der Waals surface area contributed by atoms with Gasteiger partial charge >= 0.3 is 0 Å². The van der Waals surface area contributed by atoms with Crippen molar-refractivity contribution in [2.75, 3.05) is 26.7 Å². The topological polar surface area (TPSA) is 15.3 Å². The second kappa shape index (κ2) is 8.08. The molecule has 0 amide bonds. The summed E-state index contributed by atoms with van der Waals surface area (Å²) >= 11 is 0. The second-order valence-corrected chi connectivity index (χ2v) is 5.24. The first kappa shape index (κ1) is 14.0. The first-order chi connectivity index (χ1) is 7.81. The van der Waals surface area contributed by atoms with Crippen molar-refractivity contribution in [3.63, 3.8) is 0 Å². The van der Waals surface area contributed by atoms with Crippen LogP contribution in [-0.2, 0) is 0 Å². The lowest BCUT2D eigenvalue weighted by molar-refractivity contribution is 0.171. The van der Waals surface area contributed by atoms with E-state index in [0.717, 1.165) is 12.0 Å². The van der Waals surface area contributed by atoms with Crippen LogP contribution in [0.4, 0.5) is 0 Å². The zero-order chi connectivity index (χ0) is 11.8. The highest BCUT2D eigenvalue weighted by Gasteiger charge is 2.25. The summed E-state index contributed by atoms with van der Waals surface area (Å²) in [7, 11) is 2.13. The van der Waals surface area contributed by atoms with Gasteiger partial charge in [0, 0.05) is 12.6 Å². The lowest BCUT2D eigenvalue weighted by atomic mass is 9.84. The van der Waals surface area contributed by atoms with Crippen LogP contribution in [0.1, 0.15) is 52.4 Å². The molecule has 16 heavy (non-hydrogen) atoms.